The number of nitrogens with zero attached hydrogens (tertiary/aromatic N) is 4. The summed E-state index contributed by atoms with van der Waals surface area (Å²) in [6.07, 6.45) is 3.46. The van der Waals surface area contributed by atoms with Crippen molar-refractivity contribution in [3.8, 4) is 11.4 Å². The van der Waals surface area contributed by atoms with Crippen LogP contribution < -0.4 is 0 Å². The first-order valence-corrected chi connectivity index (χ1v) is 8.50. The molecule has 0 bridgehead atoms. The Hall–Kier alpha value is -3.06. The van der Waals surface area contributed by atoms with Gasteiger partial charge in [0, 0.05) is 37.1 Å². The van der Waals surface area contributed by atoms with Gasteiger partial charge in [-0.3, -0.25) is 4.79 Å². The zero-order valence-electron chi connectivity index (χ0n) is 13.5. The molecule has 4 rings (SSSR count). The fourth-order valence-electron chi connectivity index (χ4n) is 2.71. The van der Waals surface area contributed by atoms with Gasteiger partial charge in [-0.1, -0.05) is 18.2 Å². The summed E-state index contributed by atoms with van der Waals surface area (Å²) in [6.45, 7) is 0.511. The number of hydrogen-bond acceptors (Lipinski definition) is 5. The summed E-state index contributed by atoms with van der Waals surface area (Å²) in [5.41, 5.74) is 4.29. The topological polar surface area (TPSA) is 74.8 Å². The minimum Gasteiger partial charge on any atom is -0.345 e. The maximum Gasteiger partial charge on any atom is 0.253 e. The molecule has 0 radical (unpaired) electrons. The number of carbonyl (C=O) groups excluding carboxylic acids is 1. The summed E-state index contributed by atoms with van der Waals surface area (Å²) in [5.74, 6) is 0.712. The van der Waals surface area contributed by atoms with Crippen molar-refractivity contribution < 1.29 is 4.79 Å². The molecule has 4 aromatic rings. The number of benzene rings is 2. The molecule has 0 spiro atoms. The first-order chi connectivity index (χ1) is 12.2. The van der Waals surface area contributed by atoms with E-state index >= 15 is 0 Å². The SMILES string of the molecule is CN(Cc1ccc2nsnc2c1)C(=O)c1cccc(-c2ncc[nH]2)c1. The maximum atomic E-state index is 12.8. The van der Waals surface area contributed by atoms with Gasteiger partial charge in [0.1, 0.15) is 16.9 Å². The highest BCUT2D eigenvalue weighted by Gasteiger charge is 2.14. The van der Waals surface area contributed by atoms with Crippen LogP contribution in [0, 0.1) is 0 Å². The average Bonchev–Trinajstić information content (AvgIpc) is 3.32. The van der Waals surface area contributed by atoms with Crippen LogP contribution in [0.4, 0.5) is 0 Å². The summed E-state index contributed by atoms with van der Waals surface area (Å²) in [5, 5.41) is 0. The lowest BCUT2D eigenvalue weighted by atomic mass is 10.1. The number of imidazole rings is 1. The van der Waals surface area contributed by atoms with E-state index in [4.69, 9.17) is 0 Å². The number of hydrogen-bond donors (Lipinski definition) is 1. The minimum absolute atomic E-state index is 0.0371. The molecule has 0 aliphatic rings. The quantitative estimate of drug-likeness (QED) is 0.613. The third-order valence-corrected chi connectivity index (χ3v) is 4.52. The van der Waals surface area contributed by atoms with Crippen LogP contribution in [0.15, 0.2) is 54.9 Å². The largest absolute Gasteiger partial charge is 0.345 e. The first kappa shape index (κ1) is 15.5. The van der Waals surface area contributed by atoms with Gasteiger partial charge in [0.05, 0.1) is 11.7 Å². The lowest BCUT2D eigenvalue weighted by Gasteiger charge is -2.17. The summed E-state index contributed by atoms with van der Waals surface area (Å²) in [6, 6.07) is 13.4. The van der Waals surface area contributed by atoms with E-state index in [-0.39, 0.29) is 5.91 Å². The molecule has 7 heteroatoms. The second-order valence-electron chi connectivity index (χ2n) is 5.77. The molecule has 0 aliphatic carbocycles. The third-order valence-electron chi connectivity index (χ3n) is 3.97. The summed E-state index contributed by atoms with van der Waals surface area (Å²) < 4.78 is 8.44. The highest BCUT2D eigenvalue weighted by molar-refractivity contribution is 7.00. The first-order valence-electron chi connectivity index (χ1n) is 7.77. The van der Waals surface area contributed by atoms with Gasteiger partial charge in [0.15, 0.2) is 0 Å². The smallest absolute Gasteiger partial charge is 0.253 e. The Morgan fingerprint density at radius 3 is 2.88 bits per heavy atom. The summed E-state index contributed by atoms with van der Waals surface area (Å²) in [7, 11) is 1.80. The Kier molecular flexibility index (Phi) is 3.99. The molecular weight excluding hydrogens is 334 g/mol. The van der Waals surface area contributed by atoms with Gasteiger partial charge in [-0.25, -0.2) is 4.98 Å². The van der Waals surface area contributed by atoms with E-state index in [0.717, 1.165) is 28.0 Å². The van der Waals surface area contributed by atoms with Crippen LogP contribution in [-0.2, 0) is 6.54 Å². The molecule has 0 saturated carbocycles. The van der Waals surface area contributed by atoms with E-state index in [0.29, 0.717) is 12.1 Å². The number of nitrogens with one attached hydrogen (secondary N) is 1. The molecule has 0 unspecified atom stereocenters. The lowest BCUT2D eigenvalue weighted by Crippen LogP contribution is -2.26. The molecule has 2 aromatic carbocycles. The monoisotopic (exact) mass is 349 g/mol. The minimum atomic E-state index is -0.0371. The summed E-state index contributed by atoms with van der Waals surface area (Å²) >= 11 is 1.19. The molecule has 0 fully saturated rings. The molecule has 6 nitrogen and oxygen atoms in total. The van der Waals surface area contributed by atoms with Crippen LogP contribution >= 0.6 is 11.7 Å². The predicted molar refractivity (Wildman–Crippen MR) is 97.2 cm³/mol. The standard InChI is InChI=1S/C18H15N5OS/c1-23(11-12-5-6-15-16(9-12)22-25-21-15)18(24)14-4-2-3-13(10-14)17-19-7-8-20-17/h2-10H,11H2,1H3,(H,19,20). The molecule has 0 aliphatic heterocycles. The van der Waals surface area contributed by atoms with Gasteiger partial charge in [-0.2, -0.15) is 8.75 Å². The Morgan fingerprint density at radius 2 is 2.04 bits per heavy atom. The molecule has 1 N–H and O–H groups in total. The van der Waals surface area contributed by atoms with Crippen molar-refractivity contribution in [1.29, 1.82) is 0 Å². The Labute approximate surface area is 148 Å². The maximum absolute atomic E-state index is 12.8. The van der Waals surface area contributed by atoms with Crippen molar-refractivity contribution in [2.75, 3.05) is 7.05 Å². The van der Waals surface area contributed by atoms with Crippen LogP contribution in [0.2, 0.25) is 0 Å². The van der Waals surface area contributed by atoms with E-state index < -0.39 is 0 Å². The van der Waals surface area contributed by atoms with Crippen molar-refractivity contribution in [3.63, 3.8) is 0 Å². The molecule has 2 heterocycles. The van der Waals surface area contributed by atoms with Crippen molar-refractivity contribution in [1.82, 2.24) is 23.6 Å². The van der Waals surface area contributed by atoms with Gasteiger partial charge in [-0.15, -0.1) is 0 Å². The van der Waals surface area contributed by atoms with Crippen LogP contribution in [0.25, 0.3) is 22.4 Å². The Bertz CT molecular complexity index is 1020. The van der Waals surface area contributed by atoms with E-state index in [1.165, 1.54) is 11.7 Å². The molecule has 25 heavy (non-hydrogen) atoms. The number of aromatic amines is 1. The van der Waals surface area contributed by atoms with Gasteiger partial charge in [0.2, 0.25) is 0 Å². The van der Waals surface area contributed by atoms with Crippen molar-refractivity contribution >= 4 is 28.7 Å². The molecule has 124 valence electrons. The number of amides is 1. The van der Waals surface area contributed by atoms with Gasteiger partial charge in [0.25, 0.3) is 5.91 Å². The third kappa shape index (κ3) is 3.14. The van der Waals surface area contributed by atoms with Crippen molar-refractivity contribution in [3.05, 3.63) is 66.0 Å². The lowest BCUT2D eigenvalue weighted by molar-refractivity contribution is 0.0785. The van der Waals surface area contributed by atoms with Crippen LogP contribution in [0.1, 0.15) is 15.9 Å². The Morgan fingerprint density at radius 1 is 1.16 bits per heavy atom. The number of aromatic nitrogens is 4. The van der Waals surface area contributed by atoms with E-state index in [2.05, 4.69) is 18.7 Å². The normalized spacial score (nSPS) is 10.9. The van der Waals surface area contributed by atoms with Crippen LogP contribution in [-0.4, -0.2) is 36.6 Å². The average molecular weight is 349 g/mol. The number of rotatable bonds is 4. The highest BCUT2D eigenvalue weighted by atomic mass is 32.1. The second-order valence-corrected chi connectivity index (χ2v) is 6.30. The van der Waals surface area contributed by atoms with Gasteiger partial charge >= 0.3 is 0 Å². The fourth-order valence-corrected chi connectivity index (χ4v) is 3.23. The number of carbonyl (C=O) groups is 1. The van der Waals surface area contributed by atoms with Crippen molar-refractivity contribution in [2.45, 2.75) is 6.54 Å². The molecule has 1 amide bonds. The van der Waals surface area contributed by atoms with Crippen LogP contribution in [0.5, 0.6) is 0 Å². The van der Waals surface area contributed by atoms with E-state index in [1.807, 2.05) is 42.5 Å². The van der Waals surface area contributed by atoms with Crippen molar-refractivity contribution in [2.24, 2.45) is 0 Å². The van der Waals surface area contributed by atoms with Crippen LogP contribution in [0.3, 0.4) is 0 Å². The summed E-state index contributed by atoms with van der Waals surface area (Å²) in [4.78, 5) is 21.7. The van der Waals surface area contributed by atoms with E-state index in [1.54, 1.807) is 24.3 Å². The Balaban J connectivity index is 1.54. The number of fused-ring (bicyclic) bond motifs is 1. The zero-order valence-corrected chi connectivity index (χ0v) is 14.3. The molecular formula is C18H15N5OS. The molecule has 2 aromatic heterocycles. The second kappa shape index (κ2) is 6.45. The highest BCUT2D eigenvalue weighted by Crippen LogP contribution is 2.19. The fraction of sp³-hybridized carbons (Fsp3) is 0.111. The molecule has 0 saturated heterocycles. The molecule has 0 atom stereocenters. The number of H-pyrrole nitrogens is 1. The van der Waals surface area contributed by atoms with Gasteiger partial charge < -0.3 is 9.88 Å². The van der Waals surface area contributed by atoms with E-state index in [9.17, 15) is 4.79 Å². The van der Waals surface area contributed by atoms with Gasteiger partial charge in [-0.05, 0) is 29.8 Å². The zero-order chi connectivity index (χ0) is 17.2. The predicted octanol–water partition coefficient (Wildman–Crippen LogP) is 3.35.